The van der Waals surface area contributed by atoms with Crippen LogP contribution in [0.5, 0.6) is 0 Å². The summed E-state index contributed by atoms with van der Waals surface area (Å²) in [5.41, 5.74) is 6.30. The van der Waals surface area contributed by atoms with E-state index in [2.05, 4.69) is 21.2 Å². The molecule has 3 N–H and O–H groups in total. The van der Waals surface area contributed by atoms with E-state index in [1.807, 2.05) is 24.3 Å². The van der Waals surface area contributed by atoms with Crippen molar-refractivity contribution < 1.29 is 4.42 Å². The number of rotatable bonds is 4. The molecule has 4 heteroatoms. The van der Waals surface area contributed by atoms with E-state index in [1.165, 1.54) is 0 Å². The third-order valence-electron chi connectivity index (χ3n) is 2.17. The summed E-state index contributed by atoms with van der Waals surface area (Å²) in [7, 11) is 0. The van der Waals surface area contributed by atoms with E-state index in [1.54, 1.807) is 0 Å². The summed E-state index contributed by atoms with van der Waals surface area (Å²) in [5, 5.41) is 4.32. The molecule has 0 amide bonds. The molecule has 2 aromatic rings. The van der Waals surface area contributed by atoms with Crippen LogP contribution in [0.2, 0.25) is 0 Å². The van der Waals surface area contributed by atoms with Crippen molar-refractivity contribution in [3.8, 4) is 0 Å². The lowest BCUT2D eigenvalue weighted by molar-refractivity contribution is 0.515. The van der Waals surface area contributed by atoms with E-state index in [0.717, 1.165) is 34.3 Å². The van der Waals surface area contributed by atoms with Crippen LogP contribution in [0.3, 0.4) is 0 Å². The Bertz CT molecular complexity index is 453. The maximum atomic E-state index is 5.70. The number of furan rings is 1. The van der Waals surface area contributed by atoms with Gasteiger partial charge < -0.3 is 15.5 Å². The Kier molecular flexibility index (Phi) is 3.41. The topological polar surface area (TPSA) is 51.2 Å². The SMILES string of the molecule is NCCNCc1cc2cccc(Br)c2o1. The average Bonchev–Trinajstić information content (AvgIpc) is 2.63. The third kappa shape index (κ3) is 2.40. The standard InChI is InChI=1S/C11H13BrN2O/c12-10-3-1-2-8-6-9(15-11(8)10)7-14-5-4-13/h1-3,6,14H,4-5,7,13H2. The van der Waals surface area contributed by atoms with Gasteiger partial charge in [0, 0.05) is 18.5 Å². The lowest BCUT2D eigenvalue weighted by Crippen LogP contribution is -2.21. The summed E-state index contributed by atoms with van der Waals surface area (Å²) in [6, 6.07) is 8.06. The Balaban J connectivity index is 2.20. The second-order valence-corrected chi connectivity index (χ2v) is 4.19. The fourth-order valence-corrected chi connectivity index (χ4v) is 1.94. The molecule has 0 fully saturated rings. The van der Waals surface area contributed by atoms with Crippen molar-refractivity contribution in [2.75, 3.05) is 13.1 Å². The Morgan fingerprint density at radius 3 is 3.00 bits per heavy atom. The fourth-order valence-electron chi connectivity index (χ4n) is 1.48. The zero-order valence-corrected chi connectivity index (χ0v) is 9.88. The van der Waals surface area contributed by atoms with Gasteiger partial charge in [-0.2, -0.15) is 0 Å². The van der Waals surface area contributed by atoms with Gasteiger partial charge in [0.1, 0.15) is 11.3 Å². The molecule has 0 spiro atoms. The fraction of sp³-hybridized carbons (Fsp3) is 0.273. The molecule has 0 aliphatic carbocycles. The molecule has 2 rings (SSSR count). The molecule has 1 aromatic carbocycles. The van der Waals surface area contributed by atoms with Gasteiger partial charge in [-0.3, -0.25) is 0 Å². The molecule has 3 nitrogen and oxygen atoms in total. The molecule has 15 heavy (non-hydrogen) atoms. The maximum Gasteiger partial charge on any atom is 0.148 e. The van der Waals surface area contributed by atoms with E-state index in [4.69, 9.17) is 10.2 Å². The lowest BCUT2D eigenvalue weighted by Gasteiger charge is -1.98. The van der Waals surface area contributed by atoms with Crippen molar-refractivity contribution in [3.05, 3.63) is 34.5 Å². The van der Waals surface area contributed by atoms with Gasteiger partial charge in [0.25, 0.3) is 0 Å². The average molecular weight is 269 g/mol. The van der Waals surface area contributed by atoms with Crippen LogP contribution in [0.15, 0.2) is 33.2 Å². The van der Waals surface area contributed by atoms with Crippen molar-refractivity contribution in [2.45, 2.75) is 6.54 Å². The van der Waals surface area contributed by atoms with Crippen molar-refractivity contribution in [1.82, 2.24) is 5.32 Å². The summed E-state index contributed by atoms with van der Waals surface area (Å²) in [4.78, 5) is 0. The molecule has 1 aromatic heterocycles. The monoisotopic (exact) mass is 268 g/mol. The first-order valence-electron chi connectivity index (χ1n) is 4.89. The highest BCUT2D eigenvalue weighted by atomic mass is 79.9. The number of fused-ring (bicyclic) bond motifs is 1. The highest BCUT2D eigenvalue weighted by Crippen LogP contribution is 2.26. The molecule has 80 valence electrons. The smallest absolute Gasteiger partial charge is 0.148 e. The van der Waals surface area contributed by atoms with Crippen LogP contribution in [-0.4, -0.2) is 13.1 Å². The second-order valence-electron chi connectivity index (χ2n) is 3.34. The van der Waals surface area contributed by atoms with Gasteiger partial charge in [-0.05, 0) is 28.1 Å². The van der Waals surface area contributed by atoms with Gasteiger partial charge in [0.15, 0.2) is 0 Å². The Hall–Kier alpha value is -0.840. The number of benzene rings is 1. The number of nitrogens with one attached hydrogen (secondary N) is 1. The van der Waals surface area contributed by atoms with Crippen LogP contribution in [0.25, 0.3) is 11.0 Å². The summed E-state index contributed by atoms with van der Waals surface area (Å²) < 4.78 is 6.69. The van der Waals surface area contributed by atoms with Crippen molar-refractivity contribution in [3.63, 3.8) is 0 Å². The molecule has 0 aliphatic heterocycles. The predicted molar refractivity (Wildman–Crippen MR) is 64.7 cm³/mol. The van der Waals surface area contributed by atoms with Gasteiger partial charge in [-0.1, -0.05) is 12.1 Å². The zero-order valence-electron chi connectivity index (χ0n) is 8.29. The highest BCUT2D eigenvalue weighted by molar-refractivity contribution is 9.10. The second kappa shape index (κ2) is 4.79. The van der Waals surface area contributed by atoms with E-state index in [0.29, 0.717) is 6.54 Å². The Morgan fingerprint density at radius 1 is 1.40 bits per heavy atom. The van der Waals surface area contributed by atoms with Crippen LogP contribution < -0.4 is 11.1 Å². The summed E-state index contributed by atoms with van der Waals surface area (Å²) >= 11 is 3.46. The van der Waals surface area contributed by atoms with Crippen molar-refractivity contribution in [2.24, 2.45) is 5.73 Å². The molecule has 0 radical (unpaired) electrons. The molecule has 1 heterocycles. The lowest BCUT2D eigenvalue weighted by atomic mass is 10.2. The van der Waals surface area contributed by atoms with E-state index < -0.39 is 0 Å². The first-order valence-corrected chi connectivity index (χ1v) is 5.68. The molecular formula is C11H13BrN2O. The Labute approximate surface area is 96.8 Å². The van der Waals surface area contributed by atoms with Gasteiger partial charge in [-0.25, -0.2) is 0 Å². The van der Waals surface area contributed by atoms with E-state index in [9.17, 15) is 0 Å². The summed E-state index contributed by atoms with van der Waals surface area (Å²) in [6.45, 7) is 2.17. The van der Waals surface area contributed by atoms with Gasteiger partial charge in [0.2, 0.25) is 0 Å². The quantitative estimate of drug-likeness (QED) is 0.837. The van der Waals surface area contributed by atoms with E-state index in [-0.39, 0.29) is 0 Å². The molecular weight excluding hydrogens is 256 g/mol. The number of nitrogens with two attached hydrogens (primary N) is 1. The molecule has 0 atom stereocenters. The minimum Gasteiger partial charge on any atom is -0.459 e. The molecule has 0 bridgehead atoms. The maximum absolute atomic E-state index is 5.70. The van der Waals surface area contributed by atoms with Crippen LogP contribution in [0.4, 0.5) is 0 Å². The number of para-hydroxylation sites is 1. The largest absolute Gasteiger partial charge is 0.459 e. The molecule has 0 unspecified atom stereocenters. The van der Waals surface area contributed by atoms with Gasteiger partial charge in [0.05, 0.1) is 11.0 Å². The first-order chi connectivity index (χ1) is 7.31. The minimum atomic E-state index is 0.643. The Morgan fingerprint density at radius 2 is 2.27 bits per heavy atom. The normalized spacial score (nSPS) is 11.1. The van der Waals surface area contributed by atoms with Crippen molar-refractivity contribution in [1.29, 1.82) is 0 Å². The molecule has 0 aliphatic rings. The van der Waals surface area contributed by atoms with E-state index >= 15 is 0 Å². The van der Waals surface area contributed by atoms with Crippen LogP contribution in [0, 0.1) is 0 Å². The van der Waals surface area contributed by atoms with Crippen LogP contribution in [-0.2, 0) is 6.54 Å². The highest BCUT2D eigenvalue weighted by Gasteiger charge is 2.05. The van der Waals surface area contributed by atoms with Crippen LogP contribution >= 0.6 is 15.9 Å². The third-order valence-corrected chi connectivity index (χ3v) is 2.79. The van der Waals surface area contributed by atoms with Crippen molar-refractivity contribution >= 4 is 26.9 Å². The summed E-state index contributed by atoms with van der Waals surface area (Å²) in [6.07, 6.45) is 0. The zero-order chi connectivity index (χ0) is 10.7. The number of halogens is 1. The number of hydrogen-bond acceptors (Lipinski definition) is 3. The van der Waals surface area contributed by atoms with Gasteiger partial charge >= 0.3 is 0 Å². The van der Waals surface area contributed by atoms with Gasteiger partial charge in [-0.15, -0.1) is 0 Å². The first kappa shape index (κ1) is 10.7. The molecule has 0 saturated carbocycles. The molecule has 0 saturated heterocycles. The minimum absolute atomic E-state index is 0.643. The number of hydrogen-bond donors (Lipinski definition) is 2. The van der Waals surface area contributed by atoms with Crippen LogP contribution in [0.1, 0.15) is 5.76 Å². The summed E-state index contributed by atoms with van der Waals surface area (Å²) in [5.74, 6) is 0.936. The predicted octanol–water partition coefficient (Wildman–Crippen LogP) is 2.24.